The molecule has 0 aliphatic rings. The van der Waals surface area contributed by atoms with Gasteiger partial charge < -0.3 is 5.73 Å². The van der Waals surface area contributed by atoms with Crippen LogP contribution in [0.5, 0.6) is 0 Å². The lowest BCUT2D eigenvalue weighted by atomic mass is 9.99. The number of carbonyl (C=O) groups excluding carboxylic acids is 1. The standard InChI is InChI=1S/C12H15F3N2O/c1-17(2)10(11(16)18)7-8-5-3-4-6-9(8)12(13,14)15/h3-6,10H,7H2,1-2H3,(H2,16,18). The van der Waals surface area contributed by atoms with E-state index >= 15 is 0 Å². The number of hydrogen-bond acceptors (Lipinski definition) is 2. The molecule has 1 rings (SSSR count). The Morgan fingerprint density at radius 1 is 1.33 bits per heavy atom. The molecule has 6 heteroatoms. The number of hydrogen-bond donors (Lipinski definition) is 1. The zero-order chi connectivity index (χ0) is 13.9. The SMILES string of the molecule is CN(C)C(Cc1ccccc1C(F)(F)F)C(N)=O. The van der Waals surface area contributed by atoms with Crippen LogP contribution >= 0.6 is 0 Å². The molecule has 0 aliphatic heterocycles. The summed E-state index contributed by atoms with van der Waals surface area (Å²) in [4.78, 5) is 12.7. The maximum atomic E-state index is 12.8. The molecule has 1 unspecified atom stereocenters. The molecule has 100 valence electrons. The number of nitrogens with two attached hydrogens (primary N) is 1. The molecule has 2 N–H and O–H groups in total. The second kappa shape index (κ2) is 5.39. The van der Waals surface area contributed by atoms with Gasteiger partial charge in [0.05, 0.1) is 11.6 Å². The van der Waals surface area contributed by atoms with Crippen molar-refractivity contribution in [3.8, 4) is 0 Å². The zero-order valence-corrected chi connectivity index (χ0v) is 10.2. The van der Waals surface area contributed by atoms with E-state index in [-0.39, 0.29) is 12.0 Å². The molecule has 0 bridgehead atoms. The van der Waals surface area contributed by atoms with Crippen LogP contribution in [0, 0.1) is 0 Å². The number of rotatable bonds is 4. The van der Waals surface area contributed by atoms with Crippen LogP contribution in [0.4, 0.5) is 13.2 Å². The van der Waals surface area contributed by atoms with Crippen LogP contribution in [0.15, 0.2) is 24.3 Å². The molecule has 1 amide bonds. The predicted octanol–water partition coefficient (Wildman–Crippen LogP) is 1.66. The molecule has 0 saturated heterocycles. The Bertz CT molecular complexity index is 430. The minimum Gasteiger partial charge on any atom is -0.368 e. The average molecular weight is 260 g/mol. The third-order valence-electron chi connectivity index (χ3n) is 2.69. The molecule has 1 aromatic rings. The Hall–Kier alpha value is -1.56. The maximum absolute atomic E-state index is 12.8. The van der Waals surface area contributed by atoms with Crippen molar-refractivity contribution in [1.29, 1.82) is 0 Å². The summed E-state index contributed by atoms with van der Waals surface area (Å²) in [6.07, 6.45) is -4.48. The molecular weight excluding hydrogens is 245 g/mol. The van der Waals surface area contributed by atoms with Gasteiger partial charge in [-0.1, -0.05) is 18.2 Å². The van der Waals surface area contributed by atoms with Gasteiger partial charge in [-0.05, 0) is 32.1 Å². The molecule has 0 saturated carbocycles. The number of halogens is 3. The highest BCUT2D eigenvalue weighted by atomic mass is 19.4. The van der Waals surface area contributed by atoms with Crippen LogP contribution < -0.4 is 5.73 Å². The van der Waals surface area contributed by atoms with Crippen LogP contribution in [0.25, 0.3) is 0 Å². The van der Waals surface area contributed by atoms with Crippen LogP contribution in [0.2, 0.25) is 0 Å². The van der Waals surface area contributed by atoms with Crippen molar-refractivity contribution < 1.29 is 18.0 Å². The smallest absolute Gasteiger partial charge is 0.368 e. The summed E-state index contributed by atoms with van der Waals surface area (Å²) < 4.78 is 38.3. The second-order valence-electron chi connectivity index (χ2n) is 4.24. The first-order valence-corrected chi connectivity index (χ1v) is 5.34. The van der Waals surface area contributed by atoms with Crippen LogP contribution in [0.1, 0.15) is 11.1 Å². The quantitative estimate of drug-likeness (QED) is 0.895. The first-order chi connectivity index (χ1) is 8.23. The Morgan fingerprint density at radius 2 is 1.89 bits per heavy atom. The highest BCUT2D eigenvalue weighted by Gasteiger charge is 2.34. The van der Waals surface area contributed by atoms with E-state index < -0.39 is 23.7 Å². The molecule has 0 heterocycles. The Kier molecular flexibility index (Phi) is 4.34. The lowest BCUT2D eigenvalue weighted by Crippen LogP contribution is -2.42. The van der Waals surface area contributed by atoms with Gasteiger partial charge in [-0.15, -0.1) is 0 Å². The topological polar surface area (TPSA) is 46.3 Å². The van der Waals surface area contributed by atoms with Crippen LogP contribution in [0.3, 0.4) is 0 Å². The lowest BCUT2D eigenvalue weighted by Gasteiger charge is -2.22. The van der Waals surface area contributed by atoms with Gasteiger partial charge in [0.15, 0.2) is 0 Å². The molecule has 0 aliphatic carbocycles. The highest BCUT2D eigenvalue weighted by Crippen LogP contribution is 2.32. The first-order valence-electron chi connectivity index (χ1n) is 5.34. The van der Waals surface area contributed by atoms with E-state index in [4.69, 9.17) is 5.73 Å². The molecule has 3 nitrogen and oxygen atoms in total. The van der Waals surface area contributed by atoms with Crippen LogP contribution in [-0.4, -0.2) is 30.9 Å². The van der Waals surface area contributed by atoms with Crippen molar-refractivity contribution in [2.45, 2.75) is 18.6 Å². The van der Waals surface area contributed by atoms with Crippen molar-refractivity contribution >= 4 is 5.91 Å². The first kappa shape index (κ1) is 14.5. The van der Waals surface area contributed by atoms with Gasteiger partial charge in [0.1, 0.15) is 0 Å². The summed E-state index contributed by atoms with van der Waals surface area (Å²) in [6.45, 7) is 0. The van der Waals surface area contributed by atoms with E-state index in [2.05, 4.69) is 0 Å². The highest BCUT2D eigenvalue weighted by molar-refractivity contribution is 5.80. The normalized spacial score (nSPS) is 13.7. The van der Waals surface area contributed by atoms with Crippen molar-refractivity contribution in [3.63, 3.8) is 0 Å². The van der Waals surface area contributed by atoms with Gasteiger partial charge >= 0.3 is 6.18 Å². The number of benzene rings is 1. The minimum absolute atomic E-state index is 0.0575. The third-order valence-corrected chi connectivity index (χ3v) is 2.69. The van der Waals surface area contributed by atoms with Gasteiger partial charge in [0.2, 0.25) is 5.91 Å². The number of alkyl halides is 3. The van der Waals surface area contributed by atoms with E-state index in [0.29, 0.717) is 0 Å². The molecule has 1 atom stereocenters. The fourth-order valence-electron chi connectivity index (χ4n) is 1.72. The third kappa shape index (κ3) is 3.46. The summed E-state index contributed by atoms with van der Waals surface area (Å²) >= 11 is 0. The Labute approximate surface area is 103 Å². The minimum atomic E-state index is -4.43. The second-order valence-corrected chi connectivity index (χ2v) is 4.24. The zero-order valence-electron chi connectivity index (χ0n) is 10.2. The van der Waals surface area contributed by atoms with Gasteiger partial charge in [-0.25, -0.2) is 0 Å². The molecule has 0 aromatic heterocycles. The van der Waals surface area contributed by atoms with Crippen LogP contribution in [-0.2, 0) is 17.4 Å². The Balaban J connectivity index is 3.07. The number of primary amides is 1. The number of likely N-dealkylation sites (N-methyl/N-ethyl adjacent to an activating group) is 1. The van der Waals surface area contributed by atoms with E-state index in [0.717, 1.165) is 6.07 Å². The molecular formula is C12H15F3N2O. The average Bonchev–Trinajstić information content (AvgIpc) is 2.24. The summed E-state index contributed by atoms with van der Waals surface area (Å²) in [5.74, 6) is -0.642. The van der Waals surface area contributed by atoms with E-state index in [1.807, 2.05) is 0 Å². The number of nitrogens with zero attached hydrogens (tertiary/aromatic N) is 1. The monoisotopic (exact) mass is 260 g/mol. The van der Waals surface area contributed by atoms with Gasteiger partial charge in [-0.3, -0.25) is 9.69 Å². The summed E-state index contributed by atoms with van der Waals surface area (Å²) in [5, 5.41) is 0. The molecule has 18 heavy (non-hydrogen) atoms. The molecule has 0 fully saturated rings. The summed E-state index contributed by atoms with van der Waals surface area (Å²) in [6, 6.07) is 4.44. The van der Waals surface area contributed by atoms with Crippen molar-refractivity contribution in [1.82, 2.24) is 4.90 Å². The van der Waals surface area contributed by atoms with Crippen molar-refractivity contribution in [3.05, 3.63) is 35.4 Å². The summed E-state index contributed by atoms with van der Waals surface area (Å²) in [7, 11) is 3.21. The maximum Gasteiger partial charge on any atom is 0.416 e. The van der Waals surface area contributed by atoms with Gasteiger partial charge in [0.25, 0.3) is 0 Å². The molecule has 0 radical (unpaired) electrons. The van der Waals surface area contributed by atoms with E-state index in [1.165, 1.54) is 23.1 Å². The lowest BCUT2D eigenvalue weighted by molar-refractivity contribution is -0.138. The largest absolute Gasteiger partial charge is 0.416 e. The van der Waals surface area contributed by atoms with Crippen molar-refractivity contribution in [2.24, 2.45) is 5.73 Å². The van der Waals surface area contributed by atoms with E-state index in [1.54, 1.807) is 14.1 Å². The Morgan fingerprint density at radius 3 is 2.33 bits per heavy atom. The number of amides is 1. The fourth-order valence-corrected chi connectivity index (χ4v) is 1.72. The fraction of sp³-hybridized carbons (Fsp3) is 0.417. The molecule has 1 aromatic carbocycles. The predicted molar refractivity (Wildman–Crippen MR) is 61.8 cm³/mol. The summed E-state index contributed by atoms with van der Waals surface area (Å²) in [5.41, 5.74) is 4.53. The van der Waals surface area contributed by atoms with Gasteiger partial charge in [-0.2, -0.15) is 13.2 Å². The van der Waals surface area contributed by atoms with Crippen molar-refractivity contribution in [2.75, 3.05) is 14.1 Å². The number of carbonyl (C=O) groups is 1. The van der Waals surface area contributed by atoms with Gasteiger partial charge in [0, 0.05) is 0 Å². The molecule has 0 spiro atoms. The van der Waals surface area contributed by atoms with E-state index in [9.17, 15) is 18.0 Å².